The number of fused-ring (bicyclic) bond motifs is 1. The van der Waals surface area contributed by atoms with Gasteiger partial charge in [-0.3, -0.25) is 9.80 Å². The van der Waals surface area contributed by atoms with Gasteiger partial charge in [-0.25, -0.2) is 0 Å². The zero-order valence-corrected chi connectivity index (χ0v) is 12.5. The van der Waals surface area contributed by atoms with Gasteiger partial charge in [0.25, 0.3) is 0 Å². The monoisotopic (exact) mass is 305 g/mol. The molecule has 0 spiro atoms. The third-order valence-corrected chi connectivity index (χ3v) is 5.29. The smallest absolute Gasteiger partial charge is 0.310 e. The van der Waals surface area contributed by atoms with Crippen molar-refractivity contribution in [2.45, 2.75) is 50.4 Å². The number of piperazine rings is 1. The van der Waals surface area contributed by atoms with Crippen molar-refractivity contribution in [1.82, 2.24) is 15.1 Å². The van der Waals surface area contributed by atoms with Crippen LogP contribution in [0.1, 0.15) is 32.1 Å². The van der Waals surface area contributed by atoms with Crippen molar-refractivity contribution < 1.29 is 13.2 Å². The molecule has 0 bridgehead atoms. The minimum Gasteiger partial charge on any atom is -0.310 e. The summed E-state index contributed by atoms with van der Waals surface area (Å²) in [6.45, 7) is 2.87. The average molecular weight is 305 g/mol. The molecule has 0 aromatic carbocycles. The van der Waals surface area contributed by atoms with Gasteiger partial charge in [0.2, 0.25) is 0 Å². The Morgan fingerprint density at radius 2 is 1.62 bits per heavy atom. The van der Waals surface area contributed by atoms with Gasteiger partial charge in [0, 0.05) is 44.8 Å². The standard InChI is InChI=1S/C15H26F3N3/c16-15(17,18)11-21-7-5-20(6-8-21)10-13-9-12-3-1-2-4-14(12)19-13/h12-14,19H,1-11H2. The molecule has 122 valence electrons. The summed E-state index contributed by atoms with van der Waals surface area (Å²) in [6, 6.07) is 1.25. The number of rotatable bonds is 3. The molecule has 3 nitrogen and oxygen atoms in total. The fraction of sp³-hybridized carbons (Fsp3) is 1.00. The van der Waals surface area contributed by atoms with Gasteiger partial charge in [-0.2, -0.15) is 13.2 Å². The maximum absolute atomic E-state index is 12.4. The lowest BCUT2D eigenvalue weighted by atomic mass is 9.85. The van der Waals surface area contributed by atoms with Crippen LogP contribution in [0.15, 0.2) is 0 Å². The fourth-order valence-electron chi connectivity index (χ4n) is 4.27. The van der Waals surface area contributed by atoms with Crippen LogP contribution in [0.4, 0.5) is 13.2 Å². The molecule has 0 aromatic heterocycles. The molecule has 0 aromatic rings. The highest BCUT2D eigenvalue weighted by molar-refractivity contribution is 4.94. The van der Waals surface area contributed by atoms with Gasteiger partial charge in [0.15, 0.2) is 0 Å². The van der Waals surface area contributed by atoms with Gasteiger partial charge in [-0.1, -0.05) is 12.8 Å². The molecule has 3 atom stereocenters. The Bertz CT molecular complexity index is 326. The maximum Gasteiger partial charge on any atom is 0.401 e. The topological polar surface area (TPSA) is 18.5 Å². The van der Waals surface area contributed by atoms with E-state index in [9.17, 15) is 13.2 Å². The predicted octanol–water partition coefficient (Wildman–Crippen LogP) is 2.09. The molecule has 2 heterocycles. The second kappa shape index (κ2) is 6.42. The molecule has 1 N–H and O–H groups in total. The Hall–Kier alpha value is -0.330. The minimum absolute atomic E-state index is 0.541. The van der Waals surface area contributed by atoms with Crippen molar-refractivity contribution >= 4 is 0 Å². The first-order chi connectivity index (χ1) is 9.99. The van der Waals surface area contributed by atoms with Gasteiger partial charge >= 0.3 is 6.18 Å². The van der Waals surface area contributed by atoms with Crippen LogP contribution in [0, 0.1) is 5.92 Å². The summed E-state index contributed by atoms with van der Waals surface area (Å²) >= 11 is 0. The normalized spacial score (nSPS) is 35.9. The Labute approximate surface area is 124 Å². The summed E-state index contributed by atoms with van der Waals surface area (Å²) in [7, 11) is 0. The molecule has 1 saturated carbocycles. The van der Waals surface area contributed by atoms with E-state index in [4.69, 9.17) is 0 Å². The van der Waals surface area contributed by atoms with E-state index in [1.807, 2.05) is 0 Å². The molecule has 2 saturated heterocycles. The second-order valence-electron chi connectivity index (χ2n) is 6.94. The van der Waals surface area contributed by atoms with E-state index < -0.39 is 12.7 Å². The summed E-state index contributed by atoms with van der Waals surface area (Å²) in [4.78, 5) is 3.86. The summed E-state index contributed by atoms with van der Waals surface area (Å²) < 4.78 is 37.1. The maximum atomic E-state index is 12.4. The molecule has 2 aliphatic heterocycles. The van der Waals surface area contributed by atoms with Gasteiger partial charge in [-0.05, 0) is 25.2 Å². The van der Waals surface area contributed by atoms with Gasteiger partial charge in [0.1, 0.15) is 0 Å². The van der Waals surface area contributed by atoms with E-state index in [0.717, 1.165) is 25.6 Å². The van der Waals surface area contributed by atoms with Crippen LogP contribution in [0.25, 0.3) is 0 Å². The van der Waals surface area contributed by atoms with Crippen LogP contribution >= 0.6 is 0 Å². The first-order valence-corrected chi connectivity index (χ1v) is 8.27. The van der Waals surface area contributed by atoms with Crippen LogP contribution in [0.2, 0.25) is 0 Å². The highest BCUT2D eigenvalue weighted by Crippen LogP contribution is 2.33. The Balaban J connectivity index is 1.40. The third kappa shape index (κ3) is 4.33. The van der Waals surface area contributed by atoms with Crippen molar-refractivity contribution in [3.05, 3.63) is 0 Å². The SMILES string of the molecule is FC(F)(F)CN1CCN(CC2CC3CCCCC3N2)CC1. The summed E-state index contributed by atoms with van der Waals surface area (Å²) in [6.07, 6.45) is 2.56. The number of nitrogens with one attached hydrogen (secondary N) is 1. The molecule has 6 heteroatoms. The first kappa shape index (κ1) is 15.6. The van der Waals surface area contributed by atoms with Gasteiger partial charge in [0.05, 0.1) is 6.54 Å². The highest BCUT2D eigenvalue weighted by Gasteiger charge is 2.36. The predicted molar refractivity (Wildman–Crippen MR) is 76.2 cm³/mol. The van der Waals surface area contributed by atoms with E-state index in [1.165, 1.54) is 37.0 Å². The van der Waals surface area contributed by atoms with E-state index in [2.05, 4.69) is 10.2 Å². The molecule has 1 aliphatic carbocycles. The molecular weight excluding hydrogens is 279 g/mol. The number of hydrogen-bond donors (Lipinski definition) is 1. The van der Waals surface area contributed by atoms with Crippen molar-refractivity contribution in [3.63, 3.8) is 0 Å². The molecule has 21 heavy (non-hydrogen) atoms. The lowest BCUT2D eigenvalue weighted by Gasteiger charge is -2.36. The van der Waals surface area contributed by atoms with Crippen LogP contribution in [0.3, 0.4) is 0 Å². The van der Waals surface area contributed by atoms with Gasteiger partial charge < -0.3 is 5.32 Å². The lowest BCUT2D eigenvalue weighted by molar-refractivity contribution is -0.149. The van der Waals surface area contributed by atoms with Crippen LogP contribution in [0.5, 0.6) is 0 Å². The van der Waals surface area contributed by atoms with Crippen LogP contribution in [-0.2, 0) is 0 Å². The van der Waals surface area contributed by atoms with Crippen LogP contribution < -0.4 is 5.32 Å². The molecular formula is C15H26F3N3. The number of alkyl halides is 3. The van der Waals surface area contributed by atoms with Gasteiger partial charge in [-0.15, -0.1) is 0 Å². The Kier molecular flexibility index (Phi) is 4.76. The molecule has 3 unspecified atom stereocenters. The zero-order valence-electron chi connectivity index (χ0n) is 12.5. The van der Waals surface area contributed by atoms with E-state index in [1.54, 1.807) is 0 Å². The van der Waals surface area contributed by atoms with E-state index >= 15 is 0 Å². The number of halogens is 3. The summed E-state index contributed by atoms with van der Waals surface area (Å²) in [5.74, 6) is 0.843. The molecule has 3 fully saturated rings. The van der Waals surface area contributed by atoms with E-state index in [0.29, 0.717) is 25.2 Å². The van der Waals surface area contributed by atoms with Crippen molar-refractivity contribution in [3.8, 4) is 0 Å². The van der Waals surface area contributed by atoms with Crippen molar-refractivity contribution in [1.29, 1.82) is 0 Å². The average Bonchev–Trinajstić information content (AvgIpc) is 2.81. The van der Waals surface area contributed by atoms with Crippen LogP contribution in [-0.4, -0.2) is 67.3 Å². The molecule has 0 radical (unpaired) electrons. The Morgan fingerprint density at radius 1 is 0.952 bits per heavy atom. The van der Waals surface area contributed by atoms with E-state index in [-0.39, 0.29) is 0 Å². The third-order valence-electron chi connectivity index (χ3n) is 5.29. The highest BCUT2D eigenvalue weighted by atomic mass is 19.4. The van der Waals surface area contributed by atoms with Crippen molar-refractivity contribution in [2.24, 2.45) is 5.92 Å². The summed E-state index contributed by atoms with van der Waals surface area (Å²) in [5, 5.41) is 3.75. The quantitative estimate of drug-likeness (QED) is 0.861. The minimum atomic E-state index is -4.06. The molecule has 3 aliphatic rings. The Morgan fingerprint density at radius 3 is 2.29 bits per heavy atom. The lowest BCUT2D eigenvalue weighted by Crippen LogP contribution is -2.51. The molecule has 3 rings (SSSR count). The zero-order chi connectivity index (χ0) is 14.9. The number of hydrogen-bond acceptors (Lipinski definition) is 3. The number of nitrogens with zero attached hydrogens (tertiary/aromatic N) is 2. The largest absolute Gasteiger partial charge is 0.401 e. The van der Waals surface area contributed by atoms with Crippen molar-refractivity contribution in [2.75, 3.05) is 39.3 Å². The summed E-state index contributed by atoms with van der Waals surface area (Å²) in [5.41, 5.74) is 0. The first-order valence-electron chi connectivity index (χ1n) is 8.27. The fourth-order valence-corrected chi connectivity index (χ4v) is 4.27. The molecule has 0 amide bonds. The second-order valence-corrected chi connectivity index (χ2v) is 6.94.